The molecule has 2 nitrogen and oxygen atoms in total. The van der Waals surface area contributed by atoms with Gasteiger partial charge in [-0.05, 0) is 60.2 Å². The summed E-state index contributed by atoms with van der Waals surface area (Å²) < 4.78 is 142. The molecule has 0 aliphatic rings. The summed E-state index contributed by atoms with van der Waals surface area (Å²) in [6.07, 6.45) is -5.54. The Labute approximate surface area is 218 Å². The van der Waals surface area contributed by atoms with E-state index in [4.69, 9.17) is 4.74 Å². The van der Waals surface area contributed by atoms with Crippen molar-refractivity contribution in [1.29, 1.82) is 0 Å². The maximum atomic E-state index is 14.6. The Bertz CT molecular complexity index is 1670. The molecular formula is C28H12F10O2. The SMILES string of the molecule is O=C(Oc1cc(F)c2c(F)c(C#CC(F)(F)F)c(F)cc2c1)c1c(F)cc(CCc2c(F)cccc2F)cc1F. The van der Waals surface area contributed by atoms with Crippen LogP contribution in [-0.4, -0.2) is 12.1 Å². The normalized spacial score (nSPS) is 11.3. The number of esters is 1. The minimum Gasteiger partial charge on any atom is -0.423 e. The van der Waals surface area contributed by atoms with Crippen molar-refractivity contribution in [2.45, 2.75) is 19.0 Å². The molecule has 0 amide bonds. The second-order valence-electron chi connectivity index (χ2n) is 8.32. The second kappa shape index (κ2) is 10.9. The summed E-state index contributed by atoms with van der Waals surface area (Å²) in [5, 5.41) is -1.56. The maximum Gasteiger partial charge on any atom is 0.458 e. The van der Waals surface area contributed by atoms with Crippen LogP contribution in [0.4, 0.5) is 43.9 Å². The summed E-state index contributed by atoms with van der Waals surface area (Å²) in [6, 6.07) is 6.18. The first-order valence-corrected chi connectivity index (χ1v) is 11.1. The van der Waals surface area contributed by atoms with Crippen LogP contribution >= 0.6 is 0 Å². The van der Waals surface area contributed by atoms with Gasteiger partial charge in [-0.1, -0.05) is 12.0 Å². The fourth-order valence-electron chi connectivity index (χ4n) is 3.86. The fraction of sp³-hybridized carbons (Fsp3) is 0.107. The van der Waals surface area contributed by atoms with E-state index in [1.54, 1.807) is 0 Å². The zero-order valence-corrected chi connectivity index (χ0v) is 19.6. The van der Waals surface area contributed by atoms with Gasteiger partial charge >= 0.3 is 12.1 Å². The summed E-state index contributed by atoms with van der Waals surface area (Å²) in [4.78, 5) is 12.5. The lowest BCUT2D eigenvalue weighted by Gasteiger charge is -2.11. The predicted octanol–water partition coefficient (Wildman–Crippen LogP) is 7.73. The number of alkyl halides is 3. The van der Waals surface area contributed by atoms with Crippen molar-refractivity contribution in [3.05, 3.63) is 112 Å². The number of ether oxygens (including phenoxy) is 1. The monoisotopic (exact) mass is 570 g/mol. The topological polar surface area (TPSA) is 26.3 Å². The molecule has 0 unspecified atom stereocenters. The molecule has 0 N–H and O–H groups in total. The van der Waals surface area contributed by atoms with Gasteiger partial charge in [0.25, 0.3) is 0 Å². The summed E-state index contributed by atoms with van der Waals surface area (Å²) in [5.41, 5.74) is -2.93. The number of fused-ring (bicyclic) bond motifs is 1. The van der Waals surface area contributed by atoms with Crippen LogP contribution in [0.1, 0.15) is 27.0 Å². The van der Waals surface area contributed by atoms with Crippen LogP contribution in [-0.2, 0) is 12.8 Å². The molecule has 0 spiro atoms. The summed E-state index contributed by atoms with van der Waals surface area (Å²) in [5.74, 6) is -9.83. The van der Waals surface area contributed by atoms with Gasteiger partial charge in [0.1, 0.15) is 46.2 Å². The van der Waals surface area contributed by atoms with Crippen LogP contribution in [0.3, 0.4) is 0 Å². The third-order valence-corrected chi connectivity index (χ3v) is 5.63. The van der Waals surface area contributed by atoms with E-state index in [2.05, 4.69) is 0 Å². The Morgan fingerprint density at radius 3 is 1.98 bits per heavy atom. The third kappa shape index (κ3) is 6.03. The van der Waals surface area contributed by atoms with Crippen LogP contribution in [0.25, 0.3) is 10.8 Å². The average Bonchev–Trinajstić information content (AvgIpc) is 2.82. The van der Waals surface area contributed by atoms with Crippen molar-refractivity contribution in [2.75, 3.05) is 0 Å². The van der Waals surface area contributed by atoms with Crippen LogP contribution in [0.5, 0.6) is 5.75 Å². The van der Waals surface area contributed by atoms with E-state index in [1.165, 1.54) is 5.92 Å². The molecule has 0 saturated carbocycles. The molecular weight excluding hydrogens is 558 g/mol. The van der Waals surface area contributed by atoms with Crippen LogP contribution < -0.4 is 4.74 Å². The van der Waals surface area contributed by atoms with E-state index in [0.717, 1.165) is 36.4 Å². The molecule has 4 aromatic carbocycles. The minimum absolute atomic E-state index is 0.0543. The Morgan fingerprint density at radius 2 is 1.38 bits per heavy atom. The van der Waals surface area contributed by atoms with Crippen molar-refractivity contribution < 1.29 is 53.4 Å². The number of carbonyl (C=O) groups is 1. The lowest BCUT2D eigenvalue weighted by molar-refractivity contribution is -0.0696. The van der Waals surface area contributed by atoms with Gasteiger partial charge in [-0.25, -0.2) is 35.5 Å². The van der Waals surface area contributed by atoms with Crippen molar-refractivity contribution in [3.63, 3.8) is 0 Å². The molecule has 0 atom stereocenters. The Kier molecular flexibility index (Phi) is 7.77. The molecule has 40 heavy (non-hydrogen) atoms. The molecule has 0 aliphatic carbocycles. The number of hydrogen-bond donors (Lipinski definition) is 0. The van der Waals surface area contributed by atoms with Gasteiger partial charge in [-0.3, -0.25) is 0 Å². The number of hydrogen-bond acceptors (Lipinski definition) is 2. The van der Waals surface area contributed by atoms with Crippen LogP contribution in [0, 0.1) is 52.6 Å². The molecule has 4 aromatic rings. The Balaban J connectivity index is 1.60. The van der Waals surface area contributed by atoms with Crippen molar-refractivity contribution in [2.24, 2.45) is 0 Å². The lowest BCUT2D eigenvalue weighted by Crippen LogP contribution is -2.14. The Morgan fingerprint density at radius 1 is 0.750 bits per heavy atom. The first-order valence-electron chi connectivity index (χ1n) is 11.1. The number of rotatable bonds is 5. The van der Waals surface area contributed by atoms with Crippen molar-refractivity contribution >= 4 is 16.7 Å². The molecule has 0 saturated heterocycles. The number of carbonyl (C=O) groups excluding carboxylic acids is 1. The molecule has 206 valence electrons. The smallest absolute Gasteiger partial charge is 0.423 e. The maximum absolute atomic E-state index is 14.6. The highest BCUT2D eigenvalue weighted by atomic mass is 19.4. The van der Waals surface area contributed by atoms with Gasteiger partial charge < -0.3 is 4.74 Å². The minimum atomic E-state index is -5.08. The molecule has 0 aromatic heterocycles. The zero-order valence-electron chi connectivity index (χ0n) is 19.6. The molecule has 0 aliphatic heterocycles. The van der Waals surface area contributed by atoms with Crippen LogP contribution in [0.15, 0.2) is 48.5 Å². The van der Waals surface area contributed by atoms with Gasteiger partial charge in [0.05, 0.1) is 10.9 Å². The van der Waals surface area contributed by atoms with E-state index in [-0.39, 0.29) is 24.0 Å². The van der Waals surface area contributed by atoms with Crippen molar-refractivity contribution in [3.8, 4) is 17.6 Å². The molecule has 0 bridgehead atoms. The summed E-state index contributed by atoms with van der Waals surface area (Å²) in [7, 11) is 0. The third-order valence-electron chi connectivity index (χ3n) is 5.63. The van der Waals surface area contributed by atoms with Gasteiger partial charge in [0, 0.05) is 17.6 Å². The number of halogens is 10. The second-order valence-corrected chi connectivity index (χ2v) is 8.32. The average molecular weight is 570 g/mol. The van der Waals surface area contributed by atoms with Crippen molar-refractivity contribution in [1.82, 2.24) is 0 Å². The van der Waals surface area contributed by atoms with E-state index < -0.39 is 80.5 Å². The molecule has 12 heteroatoms. The number of benzene rings is 4. The molecule has 0 fully saturated rings. The Hall–Kier alpha value is -4.53. The van der Waals surface area contributed by atoms with E-state index in [0.29, 0.717) is 18.1 Å². The molecule has 0 heterocycles. The quantitative estimate of drug-likeness (QED) is 0.106. The standard InChI is InChI=1S/C28H12F10O2/c29-18-2-1-3-19(30)16(18)5-4-13-8-21(32)25(22(33)9-13)27(39)40-15-10-14-11-20(31)17(6-7-28(36,37)38)26(35)24(14)23(34)12-15/h1-3,8-12H,4-5H2. The fourth-order valence-corrected chi connectivity index (χ4v) is 3.86. The van der Waals surface area contributed by atoms with Gasteiger partial charge in [-0.2, -0.15) is 13.2 Å². The van der Waals surface area contributed by atoms with Gasteiger partial charge in [-0.15, -0.1) is 0 Å². The summed E-state index contributed by atoms with van der Waals surface area (Å²) >= 11 is 0. The zero-order chi connectivity index (χ0) is 29.4. The number of aryl methyl sites for hydroxylation is 1. The van der Waals surface area contributed by atoms with Gasteiger partial charge in [0.15, 0.2) is 5.82 Å². The molecule has 0 radical (unpaired) electrons. The predicted molar refractivity (Wildman–Crippen MR) is 122 cm³/mol. The largest absolute Gasteiger partial charge is 0.458 e. The highest BCUT2D eigenvalue weighted by Gasteiger charge is 2.25. The summed E-state index contributed by atoms with van der Waals surface area (Å²) in [6.45, 7) is 0. The van der Waals surface area contributed by atoms with Gasteiger partial charge in [0.2, 0.25) is 0 Å². The highest BCUT2D eigenvalue weighted by Crippen LogP contribution is 2.31. The van der Waals surface area contributed by atoms with E-state index in [9.17, 15) is 48.7 Å². The first-order chi connectivity index (χ1) is 18.7. The van der Waals surface area contributed by atoms with Crippen LogP contribution in [0.2, 0.25) is 0 Å². The van der Waals surface area contributed by atoms with E-state index in [1.807, 2.05) is 0 Å². The molecule has 4 rings (SSSR count). The lowest BCUT2D eigenvalue weighted by atomic mass is 10.0. The first kappa shape index (κ1) is 28.5. The van der Waals surface area contributed by atoms with E-state index >= 15 is 0 Å². The highest BCUT2D eigenvalue weighted by molar-refractivity contribution is 5.93.